The molecule has 18 heavy (non-hydrogen) atoms. The number of carboxylic acid groups (broad SMARTS) is 1. The lowest BCUT2D eigenvalue weighted by Crippen LogP contribution is -2.54. The monoisotopic (exact) mass is 259 g/mol. The molecule has 104 valence electrons. The van der Waals surface area contributed by atoms with Crippen molar-refractivity contribution in [2.45, 2.75) is 45.3 Å². The topological polar surface area (TPSA) is 76.1 Å². The van der Waals surface area contributed by atoms with Gasteiger partial charge in [-0.05, 0) is 27.2 Å². The molecule has 0 bridgehead atoms. The van der Waals surface area contributed by atoms with Crippen LogP contribution in [0.15, 0.2) is 0 Å². The van der Waals surface area contributed by atoms with E-state index in [0.29, 0.717) is 13.2 Å². The molecular formula is C12H21NO5. The summed E-state index contributed by atoms with van der Waals surface area (Å²) in [7, 11) is 0. The number of rotatable bonds is 5. The van der Waals surface area contributed by atoms with E-state index in [9.17, 15) is 9.59 Å². The Bertz CT molecular complexity index is 310. The van der Waals surface area contributed by atoms with E-state index in [1.54, 1.807) is 4.90 Å². The number of carbonyl (C=O) groups excluding carboxylic acids is 1. The van der Waals surface area contributed by atoms with Crippen molar-refractivity contribution in [1.29, 1.82) is 0 Å². The zero-order valence-electron chi connectivity index (χ0n) is 11.1. The number of ether oxygens (including phenoxy) is 2. The molecule has 1 fully saturated rings. The normalized spacial score (nSPS) is 19.3. The van der Waals surface area contributed by atoms with Gasteiger partial charge in [-0.25, -0.2) is 4.79 Å². The van der Waals surface area contributed by atoms with Gasteiger partial charge < -0.3 is 19.5 Å². The van der Waals surface area contributed by atoms with Crippen molar-refractivity contribution in [3.8, 4) is 0 Å². The molecule has 1 aliphatic heterocycles. The minimum Gasteiger partial charge on any atom is -0.481 e. The Morgan fingerprint density at radius 2 is 2.06 bits per heavy atom. The molecule has 6 nitrogen and oxygen atoms in total. The molecule has 0 radical (unpaired) electrons. The average molecular weight is 259 g/mol. The number of nitrogens with zero attached hydrogens (tertiary/aromatic N) is 1. The lowest BCUT2D eigenvalue weighted by atomic mass is 10.1. The summed E-state index contributed by atoms with van der Waals surface area (Å²) in [6.07, 6.45) is 0.520. The van der Waals surface area contributed by atoms with Gasteiger partial charge in [-0.2, -0.15) is 0 Å². The van der Waals surface area contributed by atoms with Gasteiger partial charge in [-0.1, -0.05) is 0 Å². The van der Waals surface area contributed by atoms with Crippen LogP contribution < -0.4 is 0 Å². The molecule has 6 heteroatoms. The third-order valence-corrected chi connectivity index (χ3v) is 2.54. The van der Waals surface area contributed by atoms with Crippen LogP contribution in [-0.2, 0) is 14.3 Å². The fourth-order valence-electron chi connectivity index (χ4n) is 1.55. The summed E-state index contributed by atoms with van der Waals surface area (Å²) < 4.78 is 10.5. The number of carbonyl (C=O) groups is 2. The summed E-state index contributed by atoms with van der Waals surface area (Å²) in [6.45, 7) is 6.68. The Kier molecular flexibility index (Phi) is 4.95. The highest BCUT2D eigenvalue weighted by atomic mass is 16.6. The van der Waals surface area contributed by atoms with Crippen LogP contribution >= 0.6 is 0 Å². The van der Waals surface area contributed by atoms with Crippen LogP contribution in [0.5, 0.6) is 0 Å². The van der Waals surface area contributed by atoms with Gasteiger partial charge >= 0.3 is 12.1 Å². The van der Waals surface area contributed by atoms with Crippen molar-refractivity contribution in [2.24, 2.45) is 0 Å². The summed E-state index contributed by atoms with van der Waals surface area (Å²) in [5.74, 6) is -0.882. The first-order valence-electron chi connectivity index (χ1n) is 6.09. The Labute approximate surface area is 107 Å². The molecule has 0 spiro atoms. The zero-order valence-corrected chi connectivity index (χ0v) is 11.1. The second-order valence-electron chi connectivity index (χ2n) is 5.33. The minimum absolute atomic E-state index is 0.00800. The second kappa shape index (κ2) is 6.04. The third-order valence-electron chi connectivity index (χ3n) is 2.54. The van der Waals surface area contributed by atoms with Crippen LogP contribution in [0, 0.1) is 0 Å². The largest absolute Gasteiger partial charge is 0.481 e. The molecule has 1 aliphatic rings. The maximum Gasteiger partial charge on any atom is 0.410 e. The van der Waals surface area contributed by atoms with Gasteiger partial charge in [0.05, 0.1) is 25.7 Å². The Balaban J connectivity index is 2.24. The third kappa shape index (κ3) is 4.91. The fraction of sp³-hybridized carbons (Fsp3) is 0.833. The molecular weight excluding hydrogens is 238 g/mol. The SMILES string of the molecule is CC(C)(C)OC(=O)N1CCC1COCCC(=O)O. The van der Waals surface area contributed by atoms with E-state index in [1.807, 2.05) is 20.8 Å². The van der Waals surface area contributed by atoms with Gasteiger partial charge in [-0.3, -0.25) is 4.79 Å². The number of carboxylic acids is 1. The Hall–Kier alpha value is -1.30. The predicted molar refractivity (Wildman–Crippen MR) is 64.4 cm³/mol. The fourth-order valence-corrected chi connectivity index (χ4v) is 1.55. The van der Waals surface area contributed by atoms with Crippen LogP contribution in [-0.4, -0.2) is 53.5 Å². The average Bonchev–Trinajstić information content (AvgIpc) is 2.11. The van der Waals surface area contributed by atoms with E-state index in [4.69, 9.17) is 14.6 Å². The highest BCUT2D eigenvalue weighted by molar-refractivity contribution is 5.69. The molecule has 1 unspecified atom stereocenters. The zero-order chi connectivity index (χ0) is 13.8. The first-order valence-corrected chi connectivity index (χ1v) is 6.09. The van der Waals surface area contributed by atoms with E-state index in [1.165, 1.54) is 0 Å². The maximum atomic E-state index is 11.7. The van der Waals surface area contributed by atoms with Gasteiger partial charge in [0.15, 0.2) is 0 Å². The van der Waals surface area contributed by atoms with Crippen molar-refractivity contribution in [3.05, 3.63) is 0 Å². The molecule has 1 N–H and O–H groups in total. The molecule has 1 heterocycles. The number of amides is 1. The summed E-state index contributed by atoms with van der Waals surface area (Å²) in [6, 6.07) is 0.00800. The van der Waals surface area contributed by atoms with E-state index in [-0.39, 0.29) is 25.2 Å². The molecule has 1 saturated heterocycles. The standard InChI is InChI=1S/C12H21NO5/c1-12(2,3)18-11(16)13-6-4-9(13)8-17-7-5-10(14)15/h9H,4-8H2,1-3H3,(H,14,15). The van der Waals surface area contributed by atoms with E-state index >= 15 is 0 Å². The Morgan fingerprint density at radius 3 is 2.50 bits per heavy atom. The highest BCUT2D eigenvalue weighted by Crippen LogP contribution is 2.21. The summed E-state index contributed by atoms with van der Waals surface area (Å²) in [4.78, 5) is 23.7. The van der Waals surface area contributed by atoms with E-state index < -0.39 is 11.6 Å². The van der Waals surface area contributed by atoms with Crippen LogP contribution in [0.3, 0.4) is 0 Å². The molecule has 0 aromatic heterocycles. The lowest BCUT2D eigenvalue weighted by Gasteiger charge is -2.41. The summed E-state index contributed by atoms with van der Waals surface area (Å²) in [5, 5.41) is 8.45. The van der Waals surface area contributed by atoms with E-state index in [2.05, 4.69) is 0 Å². The van der Waals surface area contributed by atoms with Gasteiger partial charge in [0, 0.05) is 6.54 Å². The Morgan fingerprint density at radius 1 is 1.39 bits per heavy atom. The van der Waals surface area contributed by atoms with Gasteiger partial charge in [0.2, 0.25) is 0 Å². The van der Waals surface area contributed by atoms with Crippen LogP contribution in [0.2, 0.25) is 0 Å². The number of likely N-dealkylation sites (tertiary alicyclic amines) is 1. The number of aliphatic carboxylic acids is 1. The molecule has 1 rings (SSSR count). The highest BCUT2D eigenvalue weighted by Gasteiger charge is 2.35. The van der Waals surface area contributed by atoms with Gasteiger partial charge in [-0.15, -0.1) is 0 Å². The number of hydrogen-bond acceptors (Lipinski definition) is 4. The van der Waals surface area contributed by atoms with Crippen molar-refractivity contribution in [1.82, 2.24) is 4.90 Å². The molecule has 1 amide bonds. The minimum atomic E-state index is -0.882. The van der Waals surface area contributed by atoms with Crippen molar-refractivity contribution in [3.63, 3.8) is 0 Å². The predicted octanol–water partition coefficient (Wildman–Crippen LogP) is 1.49. The van der Waals surface area contributed by atoms with Crippen LogP contribution in [0.4, 0.5) is 4.79 Å². The van der Waals surface area contributed by atoms with Gasteiger partial charge in [0.25, 0.3) is 0 Å². The molecule has 0 saturated carbocycles. The van der Waals surface area contributed by atoms with Crippen molar-refractivity contribution >= 4 is 12.1 Å². The molecule has 0 aromatic rings. The second-order valence-corrected chi connectivity index (χ2v) is 5.33. The van der Waals surface area contributed by atoms with Gasteiger partial charge in [0.1, 0.15) is 5.60 Å². The van der Waals surface area contributed by atoms with Crippen LogP contribution in [0.1, 0.15) is 33.6 Å². The first-order chi connectivity index (χ1) is 8.29. The smallest absolute Gasteiger partial charge is 0.410 e. The number of hydrogen-bond donors (Lipinski definition) is 1. The molecule has 0 aromatic carbocycles. The summed E-state index contributed by atoms with van der Waals surface area (Å²) >= 11 is 0. The quantitative estimate of drug-likeness (QED) is 0.757. The molecule has 0 aliphatic carbocycles. The van der Waals surface area contributed by atoms with Crippen molar-refractivity contribution < 1.29 is 24.2 Å². The first kappa shape index (κ1) is 14.8. The molecule has 1 atom stereocenters. The maximum absolute atomic E-state index is 11.7. The van der Waals surface area contributed by atoms with E-state index in [0.717, 1.165) is 6.42 Å². The lowest BCUT2D eigenvalue weighted by molar-refractivity contribution is -0.138. The summed E-state index contributed by atoms with van der Waals surface area (Å²) in [5.41, 5.74) is -0.499. The van der Waals surface area contributed by atoms with Crippen LogP contribution in [0.25, 0.3) is 0 Å². The van der Waals surface area contributed by atoms with Crippen molar-refractivity contribution in [2.75, 3.05) is 19.8 Å².